The molecule has 0 fully saturated rings. The van der Waals surface area contributed by atoms with Gasteiger partial charge < -0.3 is 5.32 Å². The number of hydrogen-bond acceptors (Lipinski definition) is 6. The second-order valence-corrected chi connectivity index (χ2v) is 6.22. The number of nitrogens with zero attached hydrogens (tertiary/aromatic N) is 6. The fourth-order valence-electron chi connectivity index (χ4n) is 1.94. The molecule has 7 nitrogen and oxygen atoms in total. The molecule has 0 amide bonds. The number of hydrogen-bond donors (Lipinski definition) is 1. The molecule has 21 heavy (non-hydrogen) atoms. The van der Waals surface area contributed by atoms with Crippen LogP contribution in [-0.2, 0) is 18.8 Å². The highest BCUT2D eigenvalue weighted by Crippen LogP contribution is 2.27. The van der Waals surface area contributed by atoms with Crippen LogP contribution in [0.2, 0.25) is 0 Å². The van der Waals surface area contributed by atoms with Crippen LogP contribution in [0.5, 0.6) is 0 Å². The lowest BCUT2D eigenvalue weighted by atomic mass is 10.4. The first kappa shape index (κ1) is 16.4. The van der Waals surface area contributed by atoms with Crippen LogP contribution in [0.3, 0.4) is 0 Å². The fraction of sp³-hybridized carbons (Fsp3) is 0.667. The van der Waals surface area contributed by atoms with E-state index in [-0.39, 0.29) is 0 Å². The van der Waals surface area contributed by atoms with Gasteiger partial charge in [-0.25, -0.2) is 4.68 Å². The molecular formula is C12H20BrN7S. The third-order valence-electron chi connectivity index (χ3n) is 3.04. The van der Waals surface area contributed by atoms with Gasteiger partial charge in [-0.3, -0.25) is 4.68 Å². The van der Waals surface area contributed by atoms with Gasteiger partial charge in [0.1, 0.15) is 0 Å². The predicted molar refractivity (Wildman–Crippen MR) is 86.3 cm³/mol. The Hall–Kier alpha value is -0.930. The summed E-state index contributed by atoms with van der Waals surface area (Å²) in [5.41, 5.74) is 2.18. The molecular weight excluding hydrogens is 354 g/mol. The Morgan fingerprint density at radius 2 is 2.10 bits per heavy atom. The molecule has 1 N–H and O–H groups in total. The van der Waals surface area contributed by atoms with Gasteiger partial charge in [-0.1, -0.05) is 18.7 Å². The molecule has 0 spiro atoms. The summed E-state index contributed by atoms with van der Waals surface area (Å²) in [6, 6.07) is 0. The van der Waals surface area contributed by atoms with E-state index in [2.05, 4.69) is 55.7 Å². The summed E-state index contributed by atoms with van der Waals surface area (Å²) in [5.74, 6) is 0.789. The number of aryl methyl sites for hydroxylation is 2. The van der Waals surface area contributed by atoms with Crippen LogP contribution in [0.15, 0.2) is 9.63 Å². The zero-order valence-corrected chi connectivity index (χ0v) is 14.9. The monoisotopic (exact) mass is 373 g/mol. The Morgan fingerprint density at radius 3 is 2.81 bits per heavy atom. The van der Waals surface area contributed by atoms with Crippen molar-refractivity contribution in [3.05, 3.63) is 15.9 Å². The molecule has 2 aromatic rings. The highest BCUT2D eigenvalue weighted by Gasteiger charge is 2.14. The van der Waals surface area contributed by atoms with Crippen molar-refractivity contribution in [1.29, 1.82) is 0 Å². The van der Waals surface area contributed by atoms with Gasteiger partial charge >= 0.3 is 0 Å². The standard InChI is InChI=1S/C12H20BrN7S/c1-4-14-6-7-20-12(15-17-18-20)21-8-10-11(13)9(3)16-19(10)5-2/h14H,4-8H2,1-3H3. The molecule has 9 heteroatoms. The summed E-state index contributed by atoms with van der Waals surface area (Å²) in [4.78, 5) is 0. The van der Waals surface area contributed by atoms with Crippen molar-refractivity contribution >= 4 is 27.7 Å². The number of thioether (sulfide) groups is 1. The lowest BCUT2D eigenvalue weighted by molar-refractivity contribution is 0.517. The molecule has 0 aromatic carbocycles. The van der Waals surface area contributed by atoms with Crippen LogP contribution in [-0.4, -0.2) is 43.1 Å². The van der Waals surface area contributed by atoms with Crippen molar-refractivity contribution in [2.75, 3.05) is 13.1 Å². The average molecular weight is 374 g/mol. The van der Waals surface area contributed by atoms with Crippen LogP contribution in [0.4, 0.5) is 0 Å². The largest absolute Gasteiger partial charge is 0.315 e. The highest BCUT2D eigenvalue weighted by molar-refractivity contribution is 9.10. The molecule has 2 rings (SSSR count). The van der Waals surface area contributed by atoms with Crippen molar-refractivity contribution in [2.24, 2.45) is 0 Å². The number of aromatic nitrogens is 6. The van der Waals surface area contributed by atoms with Gasteiger partial charge in [0, 0.05) is 18.8 Å². The van der Waals surface area contributed by atoms with Gasteiger partial charge in [-0.15, -0.1) is 5.10 Å². The van der Waals surface area contributed by atoms with Gasteiger partial charge in [-0.2, -0.15) is 5.10 Å². The summed E-state index contributed by atoms with van der Waals surface area (Å²) in [6.45, 7) is 9.63. The van der Waals surface area contributed by atoms with Gasteiger partial charge in [0.25, 0.3) is 0 Å². The van der Waals surface area contributed by atoms with E-state index in [1.165, 1.54) is 5.69 Å². The molecule has 0 bridgehead atoms. The van der Waals surface area contributed by atoms with Crippen molar-refractivity contribution in [1.82, 2.24) is 35.3 Å². The van der Waals surface area contributed by atoms with Gasteiger partial charge in [0.15, 0.2) is 0 Å². The number of halogens is 1. The zero-order valence-electron chi connectivity index (χ0n) is 12.5. The van der Waals surface area contributed by atoms with Crippen molar-refractivity contribution in [3.63, 3.8) is 0 Å². The quantitative estimate of drug-likeness (QED) is 0.562. The van der Waals surface area contributed by atoms with Crippen LogP contribution in [0.25, 0.3) is 0 Å². The minimum atomic E-state index is 0.774. The molecule has 2 heterocycles. The molecule has 0 saturated carbocycles. The second kappa shape index (κ2) is 7.90. The van der Waals surface area contributed by atoms with E-state index in [0.717, 1.165) is 47.3 Å². The molecule has 0 aliphatic rings. The molecule has 0 aliphatic carbocycles. The number of rotatable bonds is 8. The minimum absolute atomic E-state index is 0.774. The van der Waals surface area contributed by atoms with Gasteiger partial charge in [-0.05, 0) is 46.7 Å². The van der Waals surface area contributed by atoms with Crippen LogP contribution in [0, 0.1) is 6.92 Å². The lowest BCUT2D eigenvalue weighted by Crippen LogP contribution is -2.20. The Balaban J connectivity index is 2.02. The Labute approximate surface area is 137 Å². The topological polar surface area (TPSA) is 73.5 Å². The molecule has 0 unspecified atom stereocenters. The second-order valence-electron chi connectivity index (χ2n) is 4.49. The van der Waals surface area contributed by atoms with Crippen LogP contribution in [0.1, 0.15) is 25.2 Å². The van der Waals surface area contributed by atoms with Crippen molar-refractivity contribution in [2.45, 2.75) is 44.8 Å². The first-order valence-electron chi connectivity index (χ1n) is 6.98. The first-order valence-corrected chi connectivity index (χ1v) is 8.76. The van der Waals surface area contributed by atoms with E-state index in [4.69, 9.17) is 0 Å². The number of nitrogens with one attached hydrogen (secondary N) is 1. The van der Waals surface area contributed by atoms with E-state index in [1.807, 2.05) is 16.3 Å². The van der Waals surface area contributed by atoms with E-state index < -0.39 is 0 Å². The minimum Gasteiger partial charge on any atom is -0.315 e. The maximum absolute atomic E-state index is 4.50. The third kappa shape index (κ3) is 4.04. The van der Waals surface area contributed by atoms with Crippen molar-refractivity contribution < 1.29 is 0 Å². The highest BCUT2D eigenvalue weighted by atomic mass is 79.9. The maximum atomic E-state index is 4.50. The Morgan fingerprint density at radius 1 is 1.29 bits per heavy atom. The molecule has 0 atom stereocenters. The lowest BCUT2D eigenvalue weighted by Gasteiger charge is -2.06. The number of likely N-dealkylation sites (N-methyl/N-ethyl adjacent to an activating group) is 1. The zero-order chi connectivity index (χ0) is 15.2. The molecule has 0 aliphatic heterocycles. The number of tetrazole rings is 1. The summed E-state index contributed by atoms with van der Waals surface area (Å²) in [7, 11) is 0. The third-order valence-corrected chi connectivity index (χ3v) is 5.04. The molecule has 2 aromatic heterocycles. The Bertz CT molecular complexity index is 580. The summed E-state index contributed by atoms with van der Waals surface area (Å²) in [5, 5.41) is 20.5. The van der Waals surface area contributed by atoms with E-state index in [0.29, 0.717) is 0 Å². The average Bonchev–Trinajstić information content (AvgIpc) is 3.03. The van der Waals surface area contributed by atoms with Gasteiger partial charge in [0.2, 0.25) is 5.16 Å². The van der Waals surface area contributed by atoms with E-state index in [9.17, 15) is 0 Å². The molecule has 0 radical (unpaired) electrons. The van der Waals surface area contributed by atoms with E-state index >= 15 is 0 Å². The first-order chi connectivity index (χ1) is 10.2. The molecule has 116 valence electrons. The summed E-state index contributed by atoms with van der Waals surface area (Å²) in [6.07, 6.45) is 0. The summed E-state index contributed by atoms with van der Waals surface area (Å²) < 4.78 is 4.92. The smallest absolute Gasteiger partial charge is 0.209 e. The van der Waals surface area contributed by atoms with Crippen LogP contribution >= 0.6 is 27.7 Å². The van der Waals surface area contributed by atoms with Crippen LogP contribution < -0.4 is 5.32 Å². The SMILES string of the molecule is CCNCCn1nnnc1SCc1c(Br)c(C)nn1CC. The predicted octanol–water partition coefficient (Wildman–Crippen LogP) is 1.86. The van der Waals surface area contributed by atoms with E-state index in [1.54, 1.807) is 11.8 Å². The summed E-state index contributed by atoms with van der Waals surface area (Å²) >= 11 is 5.24. The maximum Gasteiger partial charge on any atom is 0.209 e. The fourth-order valence-corrected chi connectivity index (χ4v) is 3.48. The molecule has 0 saturated heterocycles. The normalized spacial score (nSPS) is 11.2. The van der Waals surface area contributed by atoms with Crippen molar-refractivity contribution in [3.8, 4) is 0 Å². The Kier molecular flexibility index (Phi) is 6.19. The van der Waals surface area contributed by atoms with Gasteiger partial charge in [0.05, 0.1) is 22.4 Å².